The molecule has 2 saturated carbocycles. The fraction of sp³-hybridized carbons (Fsp3) is 0.625. The summed E-state index contributed by atoms with van der Waals surface area (Å²) in [6, 6.07) is 5.76. The molecule has 1 unspecified atom stereocenters. The zero-order chi connectivity index (χ0) is 20.6. The highest BCUT2D eigenvalue weighted by Gasteiger charge is 2.44. The van der Waals surface area contributed by atoms with Crippen molar-refractivity contribution >= 4 is 22.4 Å². The lowest BCUT2D eigenvalue weighted by atomic mass is 9.64. The Morgan fingerprint density at radius 2 is 1.97 bits per heavy atom. The van der Waals surface area contributed by atoms with Crippen LogP contribution in [0.2, 0.25) is 5.02 Å². The van der Waals surface area contributed by atoms with Crippen LogP contribution in [0.1, 0.15) is 65.2 Å². The van der Waals surface area contributed by atoms with E-state index in [1.807, 2.05) is 12.1 Å². The molecule has 2 aliphatic carbocycles. The summed E-state index contributed by atoms with van der Waals surface area (Å²) in [6.07, 6.45) is 11.3. The summed E-state index contributed by atoms with van der Waals surface area (Å²) in [7, 11) is 0. The first-order chi connectivity index (χ1) is 13.9. The van der Waals surface area contributed by atoms with E-state index in [1.165, 1.54) is 19.3 Å². The van der Waals surface area contributed by atoms with Crippen LogP contribution in [0.15, 0.2) is 29.2 Å². The highest BCUT2D eigenvalue weighted by atomic mass is 35.5. The summed E-state index contributed by atoms with van der Waals surface area (Å²) >= 11 is 6.44. The van der Waals surface area contributed by atoms with Crippen molar-refractivity contribution in [2.75, 3.05) is 0 Å². The molecule has 4 rings (SSSR count). The number of halogens is 1. The van der Waals surface area contributed by atoms with Gasteiger partial charge in [0, 0.05) is 17.6 Å². The van der Waals surface area contributed by atoms with Crippen molar-refractivity contribution in [2.24, 2.45) is 23.0 Å². The van der Waals surface area contributed by atoms with Crippen molar-refractivity contribution in [1.82, 2.24) is 4.98 Å². The van der Waals surface area contributed by atoms with Gasteiger partial charge in [-0.1, -0.05) is 38.3 Å². The highest BCUT2D eigenvalue weighted by Crippen LogP contribution is 2.50. The SMILES string of the molecule is CC(C)CC(N)[C@]1(CC2CC2)CC[C@H](Oc2cc3cc[nH]c(=O)c3cc2Cl)CC1. The molecule has 2 fully saturated rings. The molecule has 0 bridgehead atoms. The number of ether oxygens (including phenoxy) is 1. The average Bonchev–Trinajstić information content (AvgIpc) is 3.48. The number of nitrogens with one attached hydrogen (secondary N) is 1. The van der Waals surface area contributed by atoms with Crippen molar-refractivity contribution in [3.8, 4) is 5.75 Å². The number of hydrogen-bond donors (Lipinski definition) is 2. The highest BCUT2D eigenvalue weighted by molar-refractivity contribution is 6.32. The lowest BCUT2D eigenvalue weighted by Crippen LogP contribution is -2.46. The smallest absolute Gasteiger partial charge is 0.255 e. The average molecular weight is 417 g/mol. The van der Waals surface area contributed by atoms with E-state index in [9.17, 15) is 4.79 Å². The Bertz CT molecular complexity index is 911. The molecule has 3 N–H and O–H groups in total. The lowest BCUT2D eigenvalue weighted by molar-refractivity contribution is 0.0451. The number of nitrogens with two attached hydrogens (primary N) is 1. The predicted molar refractivity (Wildman–Crippen MR) is 120 cm³/mol. The molecule has 1 aromatic carbocycles. The molecule has 1 heterocycles. The van der Waals surface area contributed by atoms with Crippen LogP contribution in [0.5, 0.6) is 5.75 Å². The topological polar surface area (TPSA) is 68.1 Å². The van der Waals surface area contributed by atoms with E-state index >= 15 is 0 Å². The van der Waals surface area contributed by atoms with Crippen LogP contribution in [-0.4, -0.2) is 17.1 Å². The monoisotopic (exact) mass is 416 g/mol. The zero-order valence-corrected chi connectivity index (χ0v) is 18.3. The third-order valence-corrected chi connectivity index (χ3v) is 7.25. The third-order valence-electron chi connectivity index (χ3n) is 6.95. The molecule has 0 amide bonds. The van der Waals surface area contributed by atoms with Crippen molar-refractivity contribution in [3.05, 3.63) is 39.8 Å². The molecular formula is C24H33ClN2O2. The van der Waals surface area contributed by atoms with Crippen LogP contribution < -0.4 is 16.0 Å². The molecule has 0 spiro atoms. The van der Waals surface area contributed by atoms with Crippen molar-refractivity contribution < 1.29 is 4.74 Å². The number of aromatic nitrogens is 1. The molecule has 5 heteroatoms. The Kier molecular flexibility index (Phi) is 5.94. The van der Waals surface area contributed by atoms with Gasteiger partial charge in [0.2, 0.25) is 0 Å². The first-order valence-corrected chi connectivity index (χ1v) is 11.5. The summed E-state index contributed by atoms with van der Waals surface area (Å²) in [6.45, 7) is 4.54. The van der Waals surface area contributed by atoms with Crippen LogP contribution in [0.4, 0.5) is 0 Å². The van der Waals surface area contributed by atoms with Gasteiger partial charge in [-0.3, -0.25) is 4.79 Å². The number of hydrogen-bond acceptors (Lipinski definition) is 3. The Balaban J connectivity index is 1.46. The molecule has 0 aliphatic heterocycles. The van der Waals surface area contributed by atoms with E-state index in [2.05, 4.69) is 18.8 Å². The van der Waals surface area contributed by atoms with E-state index in [0.717, 1.165) is 43.4 Å². The quantitative estimate of drug-likeness (QED) is 0.611. The van der Waals surface area contributed by atoms with Gasteiger partial charge in [-0.2, -0.15) is 0 Å². The number of benzene rings is 1. The van der Waals surface area contributed by atoms with Gasteiger partial charge in [0.15, 0.2) is 0 Å². The second-order valence-corrected chi connectivity index (χ2v) is 10.1. The summed E-state index contributed by atoms with van der Waals surface area (Å²) in [5.74, 6) is 2.20. The van der Waals surface area contributed by atoms with E-state index in [0.29, 0.717) is 22.1 Å². The van der Waals surface area contributed by atoms with Gasteiger partial charge < -0.3 is 15.5 Å². The molecule has 1 aromatic heterocycles. The second kappa shape index (κ2) is 8.31. The number of fused-ring (bicyclic) bond motifs is 1. The van der Waals surface area contributed by atoms with Crippen molar-refractivity contribution in [2.45, 2.75) is 77.4 Å². The maximum Gasteiger partial charge on any atom is 0.255 e. The molecule has 2 aromatic rings. The largest absolute Gasteiger partial charge is 0.489 e. The maximum atomic E-state index is 12.0. The zero-order valence-electron chi connectivity index (χ0n) is 17.5. The minimum absolute atomic E-state index is 0.127. The van der Waals surface area contributed by atoms with Crippen LogP contribution >= 0.6 is 11.6 Å². The molecule has 29 heavy (non-hydrogen) atoms. The number of rotatable bonds is 7. The predicted octanol–water partition coefficient (Wildman–Crippen LogP) is 5.66. The molecule has 0 saturated heterocycles. The second-order valence-electron chi connectivity index (χ2n) is 9.74. The molecule has 158 valence electrons. The van der Waals surface area contributed by atoms with Crippen LogP contribution in [0.3, 0.4) is 0 Å². The molecule has 2 aliphatic rings. The summed E-state index contributed by atoms with van der Waals surface area (Å²) in [5.41, 5.74) is 6.91. The van der Waals surface area contributed by atoms with Gasteiger partial charge in [0.1, 0.15) is 5.75 Å². The van der Waals surface area contributed by atoms with Crippen LogP contribution in [-0.2, 0) is 0 Å². The summed E-state index contributed by atoms with van der Waals surface area (Å²) in [4.78, 5) is 14.7. The number of aromatic amines is 1. The van der Waals surface area contributed by atoms with Crippen molar-refractivity contribution in [1.29, 1.82) is 0 Å². The van der Waals surface area contributed by atoms with Crippen molar-refractivity contribution in [3.63, 3.8) is 0 Å². The Morgan fingerprint density at radius 1 is 1.24 bits per heavy atom. The summed E-state index contributed by atoms with van der Waals surface area (Å²) < 4.78 is 6.32. The molecular weight excluding hydrogens is 384 g/mol. The maximum absolute atomic E-state index is 12.0. The van der Waals surface area contributed by atoms with Crippen LogP contribution in [0.25, 0.3) is 10.8 Å². The number of pyridine rings is 1. The Hall–Kier alpha value is -1.52. The lowest BCUT2D eigenvalue weighted by Gasteiger charge is -2.45. The normalized spacial score (nSPS) is 26.0. The molecule has 4 nitrogen and oxygen atoms in total. The van der Waals surface area contributed by atoms with Gasteiger partial charge in [-0.25, -0.2) is 0 Å². The Labute approximate surface area is 178 Å². The minimum atomic E-state index is -0.127. The standard InChI is InChI=1S/C24H33ClN2O2/c1-15(2)11-22(26)24(14-16-3-4-16)8-5-18(6-9-24)29-21-12-17-7-10-27-23(28)19(17)13-20(21)25/h7,10,12-13,15-16,18,22H,3-6,8-9,11,14,26H2,1-2H3,(H,27,28)/t18-,22?,24+. The minimum Gasteiger partial charge on any atom is -0.489 e. The van der Waals surface area contributed by atoms with Gasteiger partial charge in [-0.05, 0) is 79.4 Å². The fourth-order valence-corrected chi connectivity index (χ4v) is 5.33. The van der Waals surface area contributed by atoms with E-state index in [4.69, 9.17) is 22.1 Å². The van der Waals surface area contributed by atoms with E-state index < -0.39 is 0 Å². The van der Waals surface area contributed by atoms with E-state index in [1.54, 1.807) is 12.3 Å². The van der Waals surface area contributed by atoms with Gasteiger partial charge in [0.05, 0.1) is 11.1 Å². The van der Waals surface area contributed by atoms with E-state index in [-0.39, 0.29) is 23.1 Å². The Morgan fingerprint density at radius 3 is 2.62 bits per heavy atom. The fourth-order valence-electron chi connectivity index (χ4n) is 5.12. The first kappa shape index (κ1) is 20.7. The first-order valence-electron chi connectivity index (χ1n) is 11.1. The third kappa shape index (κ3) is 4.64. The molecule has 1 atom stereocenters. The molecule has 0 radical (unpaired) electrons. The van der Waals surface area contributed by atoms with Gasteiger partial charge in [-0.15, -0.1) is 0 Å². The summed E-state index contributed by atoms with van der Waals surface area (Å²) in [5, 5.41) is 1.95. The van der Waals surface area contributed by atoms with Gasteiger partial charge in [0.25, 0.3) is 5.56 Å². The number of H-pyrrole nitrogens is 1. The van der Waals surface area contributed by atoms with Gasteiger partial charge >= 0.3 is 0 Å². The van der Waals surface area contributed by atoms with Crippen LogP contribution in [0, 0.1) is 17.3 Å².